The Morgan fingerprint density at radius 3 is 3.00 bits per heavy atom. The first-order valence-corrected chi connectivity index (χ1v) is 8.82. The van der Waals surface area contributed by atoms with Crippen LogP contribution in [-0.2, 0) is 9.59 Å². The summed E-state index contributed by atoms with van der Waals surface area (Å²) in [5.41, 5.74) is 0. The van der Waals surface area contributed by atoms with Gasteiger partial charge >= 0.3 is 0 Å². The molecule has 0 saturated carbocycles. The highest BCUT2D eigenvalue weighted by molar-refractivity contribution is 7.10. The Bertz CT molecular complexity index is 713. The number of likely N-dealkylation sites (tertiary alicyclic amines) is 1. The quantitative estimate of drug-likeness (QED) is 0.896. The van der Waals surface area contributed by atoms with Gasteiger partial charge in [-0.15, -0.1) is 11.3 Å². The molecular formula is C16H20N4O3S. The summed E-state index contributed by atoms with van der Waals surface area (Å²) in [6, 6.07) is 3.40. The largest absolute Gasteiger partial charge is 0.348 e. The highest BCUT2D eigenvalue weighted by Crippen LogP contribution is 2.32. The van der Waals surface area contributed by atoms with Gasteiger partial charge in [0.2, 0.25) is 17.7 Å². The summed E-state index contributed by atoms with van der Waals surface area (Å²) in [6.07, 6.45) is 1.97. The first-order chi connectivity index (χ1) is 11.5. The number of hydrogen-bond donors (Lipinski definition) is 1. The van der Waals surface area contributed by atoms with Gasteiger partial charge in [0, 0.05) is 25.3 Å². The molecule has 2 aromatic heterocycles. The van der Waals surface area contributed by atoms with Crippen molar-refractivity contribution in [3.8, 4) is 0 Å². The van der Waals surface area contributed by atoms with Gasteiger partial charge in [0.15, 0.2) is 5.82 Å². The molecule has 3 heterocycles. The molecule has 0 unspecified atom stereocenters. The van der Waals surface area contributed by atoms with E-state index in [-0.39, 0.29) is 30.3 Å². The molecule has 3 rings (SSSR count). The third-order valence-electron chi connectivity index (χ3n) is 4.06. The van der Waals surface area contributed by atoms with Gasteiger partial charge < -0.3 is 14.7 Å². The van der Waals surface area contributed by atoms with Crippen LogP contribution in [0, 0.1) is 6.92 Å². The second-order valence-electron chi connectivity index (χ2n) is 5.89. The molecule has 2 atom stereocenters. The van der Waals surface area contributed by atoms with Crippen molar-refractivity contribution < 1.29 is 14.1 Å². The summed E-state index contributed by atoms with van der Waals surface area (Å²) in [5.74, 6) is 0.907. The van der Waals surface area contributed by atoms with Crippen molar-refractivity contribution in [2.45, 2.75) is 45.2 Å². The van der Waals surface area contributed by atoms with Crippen molar-refractivity contribution in [3.05, 3.63) is 34.1 Å². The molecule has 7 nitrogen and oxygen atoms in total. The maximum absolute atomic E-state index is 12.8. The predicted octanol–water partition coefficient (Wildman–Crippen LogP) is 2.37. The van der Waals surface area contributed by atoms with Crippen LogP contribution in [0.4, 0.5) is 0 Å². The Morgan fingerprint density at radius 2 is 2.38 bits per heavy atom. The van der Waals surface area contributed by atoms with E-state index in [0.29, 0.717) is 18.3 Å². The van der Waals surface area contributed by atoms with Crippen LogP contribution in [0.5, 0.6) is 0 Å². The fourth-order valence-corrected chi connectivity index (χ4v) is 3.81. The van der Waals surface area contributed by atoms with Crippen LogP contribution in [0.3, 0.4) is 0 Å². The van der Waals surface area contributed by atoms with E-state index >= 15 is 0 Å². The maximum atomic E-state index is 12.8. The molecule has 0 spiro atoms. The number of amides is 2. The van der Waals surface area contributed by atoms with Crippen LogP contribution in [0.1, 0.15) is 54.9 Å². The fourth-order valence-electron chi connectivity index (χ4n) is 3.03. The number of nitrogens with zero attached hydrogens (tertiary/aromatic N) is 3. The summed E-state index contributed by atoms with van der Waals surface area (Å²) in [4.78, 5) is 31.3. The van der Waals surface area contributed by atoms with Crippen LogP contribution < -0.4 is 5.32 Å². The molecule has 2 aromatic rings. The molecule has 1 N–H and O–H groups in total. The van der Waals surface area contributed by atoms with Crippen molar-refractivity contribution in [1.82, 2.24) is 20.4 Å². The number of thiophene rings is 1. The Kier molecular flexibility index (Phi) is 4.94. The van der Waals surface area contributed by atoms with E-state index in [0.717, 1.165) is 17.7 Å². The Balaban J connectivity index is 1.73. The molecule has 1 fully saturated rings. The van der Waals surface area contributed by atoms with E-state index in [1.165, 1.54) is 18.3 Å². The molecule has 0 bridgehead atoms. The number of aryl methyl sites for hydroxylation is 1. The second-order valence-corrected chi connectivity index (χ2v) is 6.87. The van der Waals surface area contributed by atoms with Gasteiger partial charge in [-0.2, -0.15) is 4.98 Å². The number of nitrogens with one attached hydrogen (secondary N) is 1. The smallest absolute Gasteiger partial charge is 0.225 e. The zero-order chi connectivity index (χ0) is 17.1. The minimum Gasteiger partial charge on any atom is -0.348 e. The second kappa shape index (κ2) is 7.12. The maximum Gasteiger partial charge on any atom is 0.225 e. The van der Waals surface area contributed by atoms with Gasteiger partial charge in [-0.3, -0.25) is 9.59 Å². The summed E-state index contributed by atoms with van der Waals surface area (Å²) >= 11 is 1.53. The average molecular weight is 348 g/mol. The van der Waals surface area contributed by atoms with Gasteiger partial charge in [0.25, 0.3) is 0 Å². The summed E-state index contributed by atoms with van der Waals surface area (Å²) in [5, 5.41) is 8.77. The van der Waals surface area contributed by atoms with E-state index in [4.69, 9.17) is 4.52 Å². The van der Waals surface area contributed by atoms with Crippen LogP contribution in [0.2, 0.25) is 0 Å². The third kappa shape index (κ3) is 3.64. The van der Waals surface area contributed by atoms with E-state index in [1.54, 1.807) is 11.8 Å². The highest BCUT2D eigenvalue weighted by atomic mass is 32.1. The van der Waals surface area contributed by atoms with Crippen molar-refractivity contribution in [1.29, 1.82) is 0 Å². The molecule has 1 aliphatic heterocycles. The number of carbonyl (C=O) groups is 2. The molecule has 0 aliphatic carbocycles. The van der Waals surface area contributed by atoms with Gasteiger partial charge in [-0.1, -0.05) is 11.2 Å². The van der Waals surface area contributed by atoms with Gasteiger partial charge in [-0.05, 0) is 24.3 Å². The lowest BCUT2D eigenvalue weighted by Gasteiger charge is -2.25. The van der Waals surface area contributed by atoms with E-state index in [2.05, 4.69) is 15.5 Å². The molecule has 24 heavy (non-hydrogen) atoms. The minimum absolute atomic E-state index is 0.00731. The lowest BCUT2D eigenvalue weighted by Crippen LogP contribution is -2.35. The molecule has 128 valence electrons. The monoisotopic (exact) mass is 348 g/mol. The van der Waals surface area contributed by atoms with Gasteiger partial charge in [0.1, 0.15) is 0 Å². The highest BCUT2D eigenvalue weighted by Gasteiger charge is 2.34. The van der Waals surface area contributed by atoms with Crippen molar-refractivity contribution >= 4 is 23.2 Å². The SMILES string of the molecule is CC(=O)N[C@@H](CC(=O)N1CCC[C@@H]1c1noc(C)n1)c1cccs1. The van der Waals surface area contributed by atoms with Crippen molar-refractivity contribution in [2.24, 2.45) is 0 Å². The minimum atomic E-state index is -0.303. The number of rotatable bonds is 5. The molecular weight excluding hydrogens is 328 g/mol. The molecule has 1 aliphatic rings. The standard InChI is InChI=1S/C16H20N4O3S/c1-10(21)17-12(14-6-4-8-24-14)9-15(22)20-7-3-5-13(20)16-18-11(2)23-19-16/h4,6,8,12-13H,3,5,7,9H2,1-2H3,(H,17,21)/t12-,13+/m0/s1. The van der Waals surface area contributed by atoms with Gasteiger partial charge in [-0.25, -0.2) is 0 Å². The van der Waals surface area contributed by atoms with E-state index < -0.39 is 0 Å². The van der Waals surface area contributed by atoms with Gasteiger partial charge in [0.05, 0.1) is 18.5 Å². The zero-order valence-corrected chi connectivity index (χ0v) is 14.5. The Morgan fingerprint density at radius 1 is 1.54 bits per heavy atom. The molecule has 1 saturated heterocycles. The van der Waals surface area contributed by atoms with E-state index in [9.17, 15) is 9.59 Å². The molecule has 2 amide bonds. The molecule has 0 radical (unpaired) electrons. The number of carbonyl (C=O) groups excluding carboxylic acids is 2. The molecule has 0 aromatic carbocycles. The lowest BCUT2D eigenvalue weighted by molar-refractivity contribution is -0.133. The zero-order valence-electron chi connectivity index (χ0n) is 13.7. The lowest BCUT2D eigenvalue weighted by atomic mass is 10.1. The third-order valence-corrected chi connectivity index (χ3v) is 5.04. The van der Waals surface area contributed by atoms with E-state index in [1.807, 2.05) is 17.5 Å². The fraction of sp³-hybridized carbons (Fsp3) is 0.500. The molecule has 8 heteroatoms. The van der Waals surface area contributed by atoms with Crippen LogP contribution in [0.15, 0.2) is 22.0 Å². The predicted molar refractivity (Wildman–Crippen MR) is 88.2 cm³/mol. The number of aromatic nitrogens is 2. The van der Waals surface area contributed by atoms with Crippen LogP contribution in [-0.4, -0.2) is 33.4 Å². The summed E-state index contributed by atoms with van der Waals surface area (Å²) in [6.45, 7) is 3.88. The Hall–Kier alpha value is -2.22. The number of hydrogen-bond acceptors (Lipinski definition) is 6. The van der Waals surface area contributed by atoms with Crippen LogP contribution in [0.25, 0.3) is 0 Å². The first-order valence-electron chi connectivity index (χ1n) is 7.95. The topological polar surface area (TPSA) is 88.3 Å². The Labute approximate surface area is 144 Å². The van der Waals surface area contributed by atoms with Crippen molar-refractivity contribution in [3.63, 3.8) is 0 Å². The normalized spacial score (nSPS) is 18.6. The summed E-state index contributed by atoms with van der Waals surface area (Å²) < 4.78 is 5.04. The average Bonchev–Trinajstić information content (AvgIpc) is 3.27. The van der Waals surface area contributed by atoms with Crippen LogP contribution >= 0.6 is 11.3 Å². The summed E-state index contributed by atoms with van der Waals surface area (Å²) in [7, 11) is 0. The van der Waals surface area contributed by atoms with Crippen molar-refractivity contribution in [2.75, 3.05) is 6.54 Å². The first kappa shape index (κ1) is 16.6.